The lowest BCUT2D eigenvalue weighted by Crippen LogP contribution is -2.37. The molecule has 0 atom stereocenters. The van der Waals surface area contributed by atoms with Gasteiger partial charge in [-0.3, -0.25) is 9.59 Å². The number of halogens is 3. The Balaban J connectivity index is 1.72. The molecule has 4 N–H and O–H groups in total. The second-order valence-electron chi connectivity index (χ2n) is 7.54. The van der Waals surface area contributed by atoms with Gasteiger partial charge >= 0.3 is 18.1 Å². The van der Waals surface area contributed by atoms with Gasteiger partial charge in [-0.2, -0.15) is 18.3 Å². The summed E-state index contributed by atoms with van der Waals surface area (Å²) in [6.07, 6.45) is -2.91. The van der Waals surface area contributed by atoms with Gasteiger partial charge in [-0.15, -0.1) is 5.11 Å². The molecule has 0 bridgehead atoms. The van der Waals surface area contributed by atoms with E-state index in [2.05, 4.69) is 15.5 Å². The number of benzene rings is 2. The molecule has 9 nitrogen and oxygen atoms in total. The first-order valence-corrected chi connectivity index (χ1v) is 10.7. The van der Waals surface area contributed by atoms with E-state index in [1.807, 2.05) is 0 Å². The van der Waals surface area contributed by atoms with Crippen LogP contribution in [0, 0.1) is 0 Å². The molecule has 0 fully saturated rings. The SMILES string of the molecule is O=C(CCCCCNC(=O)C(F)(F)F)NCCc1ccc(O)c(N=Nc2ccc(C(=O)O)cc2)c1. The van der Waals surface area contributed by atoms with E-state index in [-0.39, 0.29) is 35.9 Å². The van der Waals surface area contributed by atoms with E-state index in [1.54, 1.807) is 17.4 Å². The first-order chi connectivity index (χ1) is 16.6. The lowest BCUT2D eigenvalue weighted by molar-refractivity contribution is -0.173. The lowest BCUT2D eigenvalue weighted by atomic mass is 10.1. The van der Waals surface area contributed by atoms with Gasteiger partial charge in [0.1, 0.15) is 11.4 Å². The van der Waals surface area contributed by atoms with Crippen LogP contribution in [0.15, 0.2) is 52.7 Å². The van der Waals surface area contributed by atoms with Crippen LogP contribution in [0.2, 0.25) is 0 Å². The molecule has 0 saturated carbocycles. The second-order valence-corrected chi connectivity index (χ2v) is 7.54. The smallest absolute Gasteiger partial charge is 0.471 e. The predicted molar refractivity (Wildman–Crippen MR) is 120 cm³/mol. The first kappa shape index (κ1) is 27.3. The van der Waals surface area contributed by atoms with Crippen LogP contribution in [-0.4, -0.2) is 47.3 Å². The number of azo groups is 1. The molecule has 2 rings (SSSR count). The van der Waals surface area contributed by atoms with Gasteiger partial charge in [0.15, 0.2) is 0 Å². The zero-order valence-corrected chi connectivity index (χ0v) is 18.6. The van der Waals surface area contributed by atoms with E-state index in [0.29, 0.717) is 37.9 Å². The van der Waals surface area contributed by atoms with E-state index in [9.17, 15) is 32.7 Å². The molecule has 0 spiro atoms. The Hall–Kier alpha value is -3.96. The average molecular weight is 494 g/mol. The minimum Gasteiger partial charge on any atom is -0.506 e. The van der Waals surface area contributed by atoms with Crippen molar-refractivity contribution in [2.45, 2.75) is 38.3 Å². The summed E-state index contributed by atoms with van der Waals surface area (Å²) < 4.78 is 36.2. The Labute approximate surface area is 199 Å². The van der Waals surface area contributed by atoms with Gasteiger partial charge in [0.25, 0.3) is 0 Å². The molecule has 0 aliphatic rings. The van der Waals surface area contributed by atoms with Crippen LogP contribution in [0.1, 0.15) is 41.6 Å². The quantitative estimate of drug-likeness (QED) is 0.256. The third-order valence-corrected chi connectivity index (χ3v) is 4.79. The fourth-order valence-electron chi connectivity index (χ4n) is 2.91. The maximum Gasteiger partial charge on any atom is 0.471 e. The van der Waals surface area contributed by atoms with Gasteiger partial charge < -0.3 is 20.8 Å². The zero-order valence-electron chi connectivity index (χ0n) is 18.6. The minimum absolute atomic E-state index is 0.0879. The molecular formula is C23H25F3N4O5. The van der Waals surface area contributed by atoms with Gasteiger partial charge in [0.05, 0.1) is 11.3 Å². The summed E-state index contributed by atoms with van der Waals surface area (Å²) in [5.74, 6) is -3.31. The van der Waals surface area contributed by atoms with Crippen molar-refractivity contribution in [1.29, 1.82) is 0 Å². The molecule has 2 aromatic rings. The second kappa shape index (κ2) is 13.1. The summed E-state index contributed by atoms with van der Waals surface area (Å²) in [5, 5.41) is 31.4. The summed E-state index contributed by atoms with van der Waals surface area (Å²) in [6, 6.07) is 10.5. The highest BCUT2D eigenvalue weighted by Gasteiger charge is 2.38. The van der Waals surface area contributed by atoms with Crippen LogP contribution < -0.4 is 10.6 Å². The number of nitrogens with zero attached hydrogens (tertiary/aromatic N) is 2. The normalized spacial score (nSPS) is 11.4. The number of aromatic hydroxyl groups is 1. The van der Waals surface area contributed by atoms with E-state index < -0.39 is 18.1 Å². The van der Waals surface area contributed by atoms with Gasteiger partial charge in [-0.1, -0.05) is 12.5 Å². The van der Waals surface area contributed by atoms with Crippen molar-refractivity contribution in [3.05, 3.63) is 53.6 Å². The van der Waals surface area contributed by atoms with Crippen LogP contribution in [0.25, 0.3) is 0 Å². The molecule has 0 aliphatic carbocycles. The number of nitrogens with one attached hydrogen (secondary N) is 2. The summed E-state index contributed by atoms with van der Waals surface area (Å²) in [4.78, 5) is 33.5. The fraction of sp³-hybridized carbons (Fsp3) is 0.348. The summed E-state index contributed by atoms with van der Waals surface area (Å²) in [7, 11) is 0. The van der Waals surface area contributed by atoms with Crippen LogP contribution in [0.3, 0.4) is 0 Å². The Bertz CT molecular complexity index is 1060. The average Bonchev–Trinajstić information content (AvgIpc) is 2.81. The zero-order chi connectivity index (χ0) is 25.8. The monoisotopic (exact) mass is 494 g/mol. The van der Waals surface area contributed by atoms with E-state index >= 15 is 0 Å². The van der Waals surface area contributed by atoms with Gasteiger partial charge in [0.2, 0.25) is 5.91 Å². The number of carboxylic acids is 1. The number of unbranched alkanes of at least 4 members (excludes halogenated alkanes) is 2. The number of carbonyl (C=O) groups excluding carboxylic acids is 2. The number of amides is 2. The molecule has 2 amide bonds. The molecule has 0 aromatic heterocycles. The van der Waals surface area contributed by atoms with Gasteiger partial charge in [0, 0.05) is 19.5 Å². The molecule has 0 aliphatic heterocycles. The predicted octanol–water partition coefficient (Wildman–Crippen LogP) is 4.40. The number of phenolic OH excluding ortho intramolecular Hbond substituents is 1. The molecule has 35 heavy (non-hydrogen) atoms. The Morgan fingerprint density at radius 2 is 1.60 bits per heavy atom. The van der Waals surface area contributed by atoms with Crippen molar-refractivity contribution in [2.75, 3.05) is 13.1 Å². The standard InChI is InChI=1S/C23H25F3N4O5/c24-23(25,26)22(35)28-12-3-1-2-4-20(32)27-13-11-15-5-10-19(31)18(14-15)30-29-17-8-6-16(7-9-17)21(33)34/h5-10,14,31H,1-4,11-13H2,(H,27,32)(H,28,35)(H,33,34). The van der Waals surface area contributed by atoms with Crippen molar-refractivity contribution < 1.29 is 37.8 Å². The Morgan fingerprint density at radius 3 is 2.26 bits per heavy atom. The van der Waals surface area contributed by atoms with Crippen molar-refractivity contribution in [1.82, 2.24) is 10.6 Å². The molecular weight excluding hydrogens is 469 g/mol. The Kier molecular flexibility index (Phi) is 10.2. The van der Waals surface area contributed by atoms with Crippen molar-refractivity contribution >= 4 is 29.2 Å². The topological polar surface area (TPSA) is 140 Å². The summed E-state index contributed by atoms with van der Waals surface area (Å²) >= 11 is 0. The number of carbonyl (C=O) groups is 3. The third kappa shape index (κ3) is 9.82. The summed E-state index contributed by atoms with van der Waals surface area (Å²) in [6.45, 7) is 0.229. The summed E-state index contributed by atoms with van der Waals surface area (Å²) in [5.41, 5.74) is 1.53. The van der Waals surface area contributed by atoms with Crippen LogP contribution in [-0.2, 0) is 16.0 Å². The number of alkyl halides is 3. The molecule has 2 aromatic carbocycles. The molecule has 0 unspecified atom stereocenters. The number of rotatable bonds is 12. The van der Waals surface area contributed by atoms with Crippen LogP contribution in [0.5, 0.6) is 5.75 Å². The molecule has 12 heteroatoms. The highest BCUT2D eigenvalue weighted by atomic mass is 19.4. The van der Waals surface area contributed by atoms with Crippen molar-refractivity contribution in [2.24, 2.45) is 10.2 Å². The number of carboxylic acid groups (broad SMARTS) is 1. The molecule has 0 heterocycles. The van der Waals surface area contributed by atoms with Crippen molar-refractivity contribution in [3.63, 3.8) is 0 Å². The number of phenols is 1. The van der Waals surface area contributed by atoms with E-state index in [1.165, 1.54) is 30.3 Å². The molecule has 0 saturated heterocycles. The highest BCUT2D eigenvalue weighted by Crippen LogP contribution is 2.29. The van der Waals surface area contributed by atoms with E-state index in [0.717, 1.165) is 5.56 Å². The fourth-order valence-corrected chi connectivity index (χ4v) is 2.91. The molecule has 188 valence electrons. The van der Waals surface area contributed by atoms with Crippen LogP contribution in [0.4, 0.5) is 24.5 Å². The van der Waals surface area contributed by atoms with E-state index in [4.69, 9.17) is 5.11 Å². The lowest BCUT2D eigenvalue weighted by Gasteiger charge is -2.08. The number of hydrogen-bond donors (Lipinski definition) is 4. The van der Waals surface area contributed by atoms with Crippen molar-refractivity contribution in [3.8, 4) is 5.75 Å². The molecule has 0 radical (unpaired) electrons. The third-order valence-electron chi connectivity index (χ3n) is 4.79. The Morgan fingerprint density at radius 1 is 0.886 bits per heavy atom. The highest BCUT2D eigenvalue weighted by molar-refractivity contribution is 5.87. The maximum atomic E-state index is 12.1. The maximum absolute atomic E-state index is 12.1. The van der Waals surface area contributed by atoms with Gasteiger partial charge in [-0.05, 0) is 61.2 Å². The van der Waals surface area contributed by atoms with Gasteiger partial charge in [-0.25, -0.2) is 4.79 Å². The number of aromatic carboxylic acids is 1. The minimum atomic E-state index is -4.89. The largest absolute Gasteiger partial charge is 0.506 e. The first-order valence-electron chi connectivity index (χ1n) is 10.7. The number of hydrogen-bond acceptors (Lipinski definition) is 6. The van der Waals surface area contributed by atoms with Crippen LogP contribution >= 0.6 is 0 Å².